The first-order valence-corrected chi connectivity index (χ1v) is 13.2. The number of pyridine rings is 1. The van der Waals surface area contributed by atoms with E-state index < -0.39 is 5.60 Å². The minimum absolute atomic E-state index is 0.0613. The molecule has 0 aliphatic heterocycles. The first kappa shape index (κ1) is 25.0. The monoisotopic (exact) mass is 521 g/mol. The molecule has 9 heteroatoms. The van der Waals surface area contributed by atoms with Gasteiger partial charge in [-0.2, -0.15) is 0 Å². The third kappa shape index (κ3) is 4.94. The number of nitrogen functional groups attached to an aromatic ring is 1. The predicted octanol–water partition coefficient (Wildman–Crippen LogP) is 3.53. The van der Waals surface area contributed by atoms with E-state index in [0.29, 0.717) is 38.3 Å². The molecule has 1 fully saturated rings. The summed E-state index contributed by atoms with van der Waals surface area (Å²) in [6.07, 6.45) is 4.73. The number of carbonyl (C=O) groups is 1. The summed E-state index contributed by atoms with van der Waals surface area (Å²) in [4.78, 5) is 25.4. The maximum absolute atomic E-state index is 11.0. The quantitative estimate of drug-likeness (QED) is 0.230. The van der Waals surface area contributed by atoms with Gasteiger partial charge in [0.25, 0.3) is 0 Å². The Morgan fingerprint density at radius 1 is 1.08 bits per heavy atom. The Morgan fingerprint density at radius 2 is 1.87 bits per heavy atom. The number of rotatable bonds is 8. The van der Waals surface area contributed by atoms with Crippen LogP contribution in [0.4, 0.5) is 5.82 Å². The van der Waals surface area contributed by atoms with E-state index in [2.05, 4.69) is 45.9 Å². The molecule has 1 saturated carbocycles. The van der Waals surface area contributed by atoms with Gasteiger partial charge in [0.15, 0.2) is 0 Å². The molecule has 3 heterocycles. The van der Waals surface area contributed by atoms with E-state index in [1.165, 1.54) is 6.92 Å². The van der Waals surface area contributed by atoms with Crippen molar-refractivity contribution in [1.82, 2.24) is 30.0 Å². The smallest absolute Gasteiger partial charge is 0.216 e. The summed E-state index contributed by atoms with van der Waals surface area (Å²) >= 11 is 0. The zero-order valence-corrected chi connectivity index (χ0v) is 21.8. The average molecular weight is 522 g/mol. The molecular weight excluding hydrogens is 490 g/mol. The normalized spacial score (nSPS) is 18.8. The van der Waals surface area contributed by atoms with Crippen molar-refractivity contribution in [1.29, 1.82) is 0 Å². The number of imidazole rings is 1. The van der Waals surface area contributed by atoms with Gasteiger partial charge in [-0.25, -0.2) is 15.0 Å². The zero-order chi connectivity index (χ0) is 27.0. The number of nitrogens with one attached hydrogen (secondary N) is 2. The third-order valence-electron chi connectivity index (χ3n) is 7.39. The Kier molecular flexibility index (Phi) is 6.46. The number of nitrogens with zero attached hydrogens (tertiary/aromatic N) is 4. The van der Waals surface area contributed by atoms with Crippen LogP contribution in [-0.4, -0.2) is 55.6 Å². The van der Waals surface area contributed by atoms with Gasteiger partial charge >= 0.3 is 0 Å². The molecule has 39 heavy (non-hydrogen) atoms. The number of anilines is 1. The van der Waals surface area contributed by atoms with Gasteiger partial charge in [0.2, 0.25) is 5.91 Å². The van der Waals surface area contributed by atoms with Crippen LogP contribution in [0.3, 0.4) is 0 Å². The Hall–Kier alpha value is -4.34. The molecule has 3 aromatic heterocycles. The second-order valence-corrected chi connectivity index (χ2v) is 10.3. The topological polar surface area (TPSA) is 130 Å². The van der Waals surface area contributed by atoms with Crippen LogP contribution >= 0.6 is 0 Å². The number of benzene rings is 2. The predicted molar refractivity (Wildman–Crippen MR) is 152 cm³/mol. The Labute approximate surface area is 226 Å². The van der Waals surface area contributed by atoms with Crippen molar-refractivity contribution < 1.29 is 9.90 Å². The SMILES string of the molecule is CC(=O)NCCNCC1(O)CC(c2nc(-c3ccc4ccc(-c5ccccc5)nc4c3)c3c(N)nccn23)C1. The van der Waals surface area contributed by atoms with E-state index in [-0.39, 0.29) is 11.8 Å². The van der Waals surface area contributed by atoms with Crippen LogP contribution in [0.5, 0.6) is 0 Å². The van der Waals surface area contributed by atoms with Crippen molar-refractivity contribution in [3.8, 4) is 22.5 Å². The van der Waals surface area contributed by atoms with Crippen LogP contribution in [0.25, 0.3) is 38.9 Å². The number of hydrogen-bond acceptors (Lipinski definition) is 7. The van der Waals surface area contributed by atoms with Gasteiger partial charge in [-0.3, -0.25) is 9.20 Å². The molecule has 5 aromatic rings. The van der Waals surface area contributed by atoms with Gasteiger partial charge in [-0.1, -0.05) is 48.5 Å². The number of hydrogen-bond donors (Lipinski definition) is 4. The molecule has 0 atom stereocenters. The lowest BCUT2D eigenvalue weighted by molar-refractivity contribution is -0.118. The van der Waals surface area contributed by atoms with Crippen molar-refractivity contribution in [3.63, 3.8) is 0 Å². The molecule has 0 bridgehead atoms. The molecule has 198 valence electrons. The van der Waals surface area contributed by atoms with Crippen LogP contribution in [0, 0.1) is 0 Å². The molecule has 6 rings (SSSR count). The molecule has 5 N–H and O–H groups in total. The van der Waals surface area contributed by atoms with Gasteiger partial charge in [0.1, 0.15) is 22.9 Å². The van der Waals surface area contributed by atoms with E-state index in [9.17, 15) is 9.90 Å². The van der Waals surface area contributed by atoms with Crippen LogP contribution in [0.15, 0.2) is 73.1 Å². The third-order valence-corrected chi connectivity index (χ3v) is 7.39. The maximum atomic E-state index is 11.0. The summed E-state index contributed by atoms with van der Waals surface area (Å²) in [6.45, 7) is 3.09. The Balaban J connectivity index is 1.28. The average Bonchev–Trinajstić information content (AvgIpc) is 3.32. The van der Waals surface area contributed by atoms with Gasteiger partial charge in [0.05, 0.1) is 16.8 Å². The summed E-state index contributed by atoms with van der Waals surface area (Å²) in [7, 11) is 0. The zero-order valence-electron chi connectivity index (χ0n) is 21.8. The lowest BCUT2D eigenvalue weighted by Crippen LogP contribution is -2.51. The number of fused-ring (bicyclic) bond motifs is 2. The van der Waals surface area contributed by atoms with E-state index in [1.807, 2.05) is 40.9 Å². The van der Waals surface area contributed by atoms with Crippen LogP contribution < -0.4 is 16.4 Å². The Bertz CT molecular complexity index is 1660. The highest BCUT2D eigenvalue weighted by molar-refractivity contribution is 5.91. The minimum atomic E-state index is -0.813. The first-order chi connectivity index (χ1) is 18.9. The number of aromatic nitrogens is 4. The van der Waals surface area contributed by atoms with E-state index >= 15 is 0 Å². The van der Waals surface area contributed by atoms with Crippen molar-refractivity contribution in [2.45, 2.75) is 31.3 Å². The fourth-order valence-corrected chi connectivity index (χ4v) is 5.44. The highest BCUT2D eigenvalue weighted by atomic mass is 16.3. The highest BCUT2D eigenvalue weighted by Gasteiger charge is 2.45. The lowest BCUT2D eigenvalue weighted by Gasteiger charge is -2.43. The number of nitrogens with two attached hydrogens (primary N) is 1. The van der Waals surface area contributed by atoms with Crippen LogP contribution in [0.2, 0.25) is 0 Å². The van der Waals surface area contributed by atoms with E-state index in [4.69, 9.17) is 15.7 Å². The molecule has 1 aliphatic rings. The van der Waals surface area contributed by atoms with Crippen molar-refractivity contribution in [2.75, 3.05) is 25.4 Å². The molecule has 0 saturated heterocycles. The Morgan fingerprint density at radius 3 is 2.67 bits per heavy atom. The summed E-state index contributed by atoms with van der Waals surface area (Å²) < 4.78 is 2.00. The molecule has 1 aliphatic carbocycles. The van der Waals surface area contributed by atoms with E-state index in [1.54, 1.807) is 6.20 Å². The van der Waals surface area contributed by atoms with Crippen molar-refractivity contribution in [2.24, 2.45) is 0 Å². The van der Waals surface area contributed by atoms with Gasteiger partial charge in [-0.05, 0) is 25.0 Å². The number of aliphatic hydroxyl groups is 1. The van der Waals surface area contributed by atoms with Gasteiger partial charge < -0.3 is 21.5 Å². The maximum Gasteiger partial charge on any atom is 0.216 e. The molecular formula is C30H31N7O2. The summed E-state index contributed by atoms with van der Waals surface area (Å²) in [5.41, 5.74) is 10.8. The molecule has 0 radical (unpaired) electrons. The highest BCUT2D eigenvalue weighted by Crippen LogP contribution is 2.45. The van der Waals surface area contributed by atoms with Crippen LogP contribution in [0.1, 0.15) is 31.5 Å². The molecule has 1 amide bonds. The molecule has 9 nitrogen and oxygen atoms in total. The number of carbonyl (C=O) groups excluding carboxylic acids is 1. The number of amides is 1. The second kappa shape index (κ2) is 10.1. The van der Waals surface area contributed by atoms with Crippen LogP contribution in [-0.2, 0) is 4.79 Å². The fourth-order valence-electron chi connectivity index (χ4n) is 5.44. The fraction of sp³-hybridized carbons (Fsp3) is 0.267. The molecule has 0 unspecified atom stereocenters. The van der Waals surface area contributed by atoms with Crippen molar-refractivity contribution >= 4 is 28.1 Å². The second-order valence-electron chi connectivity index (χ2n) is 10.3. The first-order valence-electron chi connectivity index (χ1n) is 13.2. The summed E-state index contributed by atoms with van der Waals surface area (Å²) in [6, 6.07) is 20.4. The molecule has 2 aromatic carbocycles. The summed E-state index contributed by atoms with van der Waals surface area (Å²) in [5.74, 6) is 1.29. The van der Waals surface area contributed by atoms with Gasteiger partial charge in [0, 0.05) is 61.4 Å². The largest absolute Gasteiger partial charge is 0.389 e. The van der Waals surface area contributed by atoms with Crippen molar-refractivity contribution in [3.05, 3.63) is 78.9 Å². The lowest BCUT2D eigenvalue weighted by atomic mass is 9.70. The minimum Gasteiger partial charge on any atom is -0.389 e. The molecule has 0 spiro atoms. The standard InChI is InChI=1S/C30H31N7O2/c1-19(38)33-12-11-32-18-30(39)16-23(17-30)29-36-26(27-28(31)34-13-14-37(27)29)22-8-7-21-9-10-24(35-25(21)15-22)20-5-3-2-4-6-20/h2-10,13-15,23,32,39H,11-12,16-18H2,1H3,(H2,31,34)(H,33,38). The van der Waals surface area contributed by atoms with E-state index in [0.717, 1.165) is 44.8 Å². The summed E-state index contributed by atoms with van der Waals surface area (Å²) in [5, 5.41) is 18.0. The van der Waals surface area contributed by atoms with Gasteiger partial charge in [-0.15, -0.1) is 0 Å².